The maximum Gasteiger partial charge on any atom is 0.343 e. The number of esters is 2. The lowest BCUT2D eigenvalue weighted by molar-refractivity contribution is 0.0718. The second kappa shape index (κ2) is 7.61. The van der Waals surface area contributed by atoms with Crippen LogP contribution in [0.2, 0.25) is 0 Å². The van der Waals surface area contributed by atoms with Crippen molar-refractivity contribution in [1.29, 1.82) is 0 Å². The van der Waals surface area contributed by atoms with Gasteiger partial charge in [-0.2, -0.15) is 0 Å². The highest BCUT2D eigenvalue weighted by Gasteiger charge is 2.13. The van der Waals surface area contributed by atoms with Crippen LogP contribution in [0.25, 0.3) is 0 Å². The molecule has 0 spiro atoms. The molecule has 0 bridgehead atoms. The van der Waals surface area contributed by atoms with E-state index in [1.165, 1.54) is 6.07 Å². The zero-order chi connectivity index (χ0) is 19.4. The smallest absolute Gasteiger partial charge is 0.343 e. The maximum absolute atomic E-state index is 12.2. The number of rotatable bonds is 4. The molecule has 0 heterocycles. The Balaban J connectivity index is 1.72. The molecular weight excluding hydrogens is 344 g/mol. The van der Waals surface area contributed by atoms with Crippen LogP contribution in [0.1, 0.15) is 26.3 Å². The summed E-state index contributed by atoms with van der Waals surface area (Å²) in [6.07, 6.45) is 0. The van der Waals surface area contributed by atoms with E-state index >= 15 is 0 Å². The lowest BCUT2D eigenvalue weighted by atomic mass is 10.2. The van der Waals surface area contributed by atoms with Gasteiger partial charge < -0.3 is 20.9 Å². The van der Waals surface area contributed by atoms with Crippen LogP contribution in [0, 0.1) is 6.92 Å². The van der Waals surface area contributed by atoms with E-state index in [2.05, 4.69) is 0 Å². The van der Waals surface area contributed by atoms with E-state index in [9.17, 15) is 9.59 Å². The molecule has 0 fully saturated rings. The number of nitrogen functional groups attached to an aromatic ring is 2. The summed E-state index contributed by atoms with van der Waals surface area (Å²) >= 11 is 0. The highest BCUT2D eigenvalue weighted by atomic mass is 16.5. The van der Waals surface area contributed by atoms with Crippen LogP contribution in [-0.2, 0) is 0 Å². The molecule has 0 aliphatic rings. The molecule has 3 aromatic carbocycles. The number of ether oxygens (including phenoxy) is 2. The van der Waals surface area contributed by atoms with Gasteiger partial charge in [0.05, 0.1) is 11.1 Å². The van der Waals surface area contributed by atoms with E-state index in [1.807, 2.05) is 0 Å². The first-order valence-corrected chi connectivity index (χ1v) is 8.18. The van der Waals surface area contributed by atoms with Gasteiger partial charge in [0.2, 0.25) is 0 Å². The topological polar surface area (TPSA) is 105 Å². The molecule has 0 radical (unpaired) electrons. The fourth-order valence-electron chi connectivity index (χ4n) is 2.46. The van der Waals surface area contributed by atoms with Crippen molar-refractivity contribution in [2.75, 3.05) is 11.5 Å². The van der Waals surface area contributed by atoms with Crippen molar-refractivity contribution in [2.24, 2.45) is 0 Å². The minimum atomic E-state index is -0.522. The molecule has 0 unspecified atom stereocenters. The van der Waals surface area contributed by atoms with Crippen LogP contribution in [0.3, 0.4) is 0 Å². The van der Waals surface area contributed by atoms with Gasteiger partial charge in [0.25, 0.3) is 0 Å². The first-order valence-electron chi connectivity index (χ1n) is 8.18. The number of benzene rings is 3. The van der Waals surface area contributed by atoms with Crippen LogP contribution in [-0.4, -0.2) is 11.9 Å². The molecule has 6 nitrogen and oxygen atoms in total. The van der Waals surface area contributed by atoms with Crippen LogP contribution in [0.4, 0.5) is 11.4 Å². The summed E-state index contributed by atoms with van der Waals surface area (Å²) in [7, 11) is 0. The minimum Gasteiger partial charge on any atom is -0.423 e. The summed E-state index contributed by atoms with van der Waals surface area (Å²) in [6.45, 7) is 1.75. The molecule has 0 saturated heterocycles. The summed E-state index contributed by atoms with van der Waals surface area (Å²) in [5.74, 6) is -0.337. The van der Waals surface area contributed by atoms with Gasteiger partial charge >= 0.3 is 11.9 Å². The van der Waals surface area contributed by atoms with Crippen LogP contribution < -0.4 is 20.9 Å². The van der Waals surface area contributed by atoms with E-state index in [0.717, 1.165) is 0 Å². The number of anilines is 2. The van der Waals surface area contributed by atoms with Crippen LogP contribution in [0.15, 0.2) is 66.7 Å². The van der Waals surface area contributed by atoms with Crippen molar-refractivity contribution >= 4 is 23.3 Å². The molecule has 3 rings (SSSR count). The third kappa shape index (κ3) is 4.43. The Kier molecular flexibility index (Phi) is 5.08. The Morgan fingerprint density at radius 3 is 1.81 bits per heavy atom. The van der Waals surface area contributed by atoms with Crippen molar-refractivity contribution in [2.45, 2.75) is 6.92 Å². The molecule has 27 heavy (non-hydrogen) atoms. The molecule has 0 aromatic heterocycles. The number of hydrogen-bond donors (Lipinski definition) is 2. The maximum atomic E-state index is 12.2. The Hall–Kier alpha value is -3.80. The standard InChI is InChI=1S/C21H18N2O4/c1-13-10-18(26-20(24)14-4-2-6-16(22)11-14)8-9-19(13)27-21(25)15-5-3-7-17(23)12-15/h2-12H,22-23H2,1H3. The monoisotopic (exact) mass is 362 g/mol. The minimum absolute atomic E-state index is 0.337. The summed E-state index contributed by atoms with van der Waals surface area (Å²) in [6, 6.07) is 17.8. The zero-order valence-corrected chi connectivity index (χ0v) is 14.6. The molecule has 0 aliphatic carbocycles. The molecule has 3 aromatic rings. The van der Waals surface area contributed by atoms with E-state index in [0.29, 0.717) is 39.6 Å². The van der Waals surface area contributed by atoms with E-state index in [1.54, 1.807) is 67.6 Å². The SMILES string of the molecule is Cc1cc(OC(=O)c2cccc(N)c2)ccc1OC(=O)c1cccc(N)c1. The zero-order valence-electron chi connectivity index (χ0n) is 14.6. The Bertz CT molecular complexity index is 1010. The molecule has 136 valence electrons. The van der Waals surface area contributed by atoms with Crippen molar-refractivity contribution < 1.29 is 19.1 Å². The lowest BCUT2D eigenvalue weighted by Gasteiger charge is -2.10. The van der Waals surface area contributed by atoms with Gasteiger partial charge in [-0.1, -0.05) is 12.1 Å². The Labute approximate surface area is 156 Å². The second-order valence-corrected chi connectivity index (χ2v) is 5.96. The fourth-order valence-corrected chi connectivity index (χ4v) is 2.46. The quantitative estimate of drug-likeness (QED) is 0.417. The summed E-state index contributed by atoms with van der Waals surface area (Å²) in [5.41, 5.74) is 13.7. The van der Waals surface area contributed by atoms with Gasteiger partial charge in [0.15, 0.2) is 0 Å². The van der Waals surface area contributed by atoms with Crippen molar-refractivity contribution in [1.82, 2.24) is 0 Å². The lowest BCUT2D eigenvalue weighted by Crippen LogP contribution is -2.11. The molecule has 0 saturated carbocycles. The molecule has 0 aliphatic heterocycles. The van der Waals surface area contributed by atoms with Crippen molar-refractivity contribution in [3.8, 4) is 11.5 Å². The fraction of sp³-hybridized carbons (Fsp3) is 0.0476. The average Bonchev–Trinajstić information content (AvgIpc) is 2.64. The van der Waals surface area contributed by atoms with E-state index < -0.39 is 11.9 Å². The van der Waals surface area contributed by atoms with E-state index in [4.69, 9.17) is 20.9 Å². The van der Waals surface area contributed by atoms with Gasteiger partial charge in [-0.05, 0) is 67.1 Å². The molecule has 0 amide bonds. The number of carbonyl (C=O) groups excluding carboxylic acids is 2. The van der Waals surface area contributed by atoms with Crippen LogP contribution >= 0.6 is 0 Å². The first-order chi connectivity index (χ1) is 12.9. The van der Waals surface area contributed by atoms with E-state index in [-0.39, 0.29) is 0 Å². The highest BCUT2D eigenvalue weighted by Crippen LogP contribution is 2.25. The van der Waals surface area contributed by atoms with Gasteiger partial charge in [0, 0.05) is 11.4 Å². The third-order valence-corrected chi connectivity index (χ3v) is 3.80. The number of carbonyl (C=O) groups is 2. The molecule has 0 atom stereocenters. The first kappa shape index (κ1) is 18.0. The van der Waals surface area contributed by atoms with Gasteiger partial charge in [0.1, 0.15) is 11.5 Å². The Morgan fingerprint density at radius 1 is 0.741 bits per heavy atom. The molecule has 6 heteroatoms. The van der Waals surface area contributed by atoms with Gasteiger partial charge in [-0.15, -0.1) is 0 Å². The van der Waals surface area contributed by atoms with Crippen molar-refractivity contribution in [3.05, 3.63) is 83.4 Å². The second-order valence-electron chi connectivity index (χ2n) is 5.96. The predicted molar refractivity (Wildman–Crippen MR) is 103 cm³/mol. The highest BCUT2D eigenvalue weighted by molar-refractivity contribution is 5.93. The third-order valence-electron chi connectivity index (χ3n) is 3.80. The average molecular weight is 362 g/mol. The summed E-state index contributed by atoms with van der Waals surface area (Å²) in [4.78, 5) is 24.4. The number of aryl methyl sites for hydroxylation is 1. The summed E-state index contributed by atoms with van der Waals surface area (Å²) in [5, 5.41) is 0. The number of hydrogen-bond acceptors (Lipinski definition) is 6. The normalized spacial score (nSPS) is 10.3. The Morgan fingerprint density at radius 2 is 1.30 bits per heavy atom. The largest absolute Gasteiger partial charge is 0.423 e. The summed E-state index contributed by atoms with van der Waals surface area (Å²) < 4.78 is 10.7. The predicted octanol–water partition coefficient (Wildman–Crippen LogP) is 3.60. The molecular formula is C21H18N2O4. The molecule has 4 N–H and O–H groups in total. The van der Waals surface area contributed by atoms with Crippen molar-refractivity contribution in [3.63, 3.8) is 0 Å². The van der Waals surface area contributed by atoms with Gasteiger partial charge in [-0.3, -0.25) is 0 Å². The van der Waals surface area contributed by atoms with Crippen LogP contribution in [0.5, 0.6) is 11.5 Å². The number of nitrogens with two attached hydrogens (primary N) is 2. The van der Waals surface area contributed by atoms with Gasteiger partial charge in [-0.25, -0.2) is 9.59 Å².